The van der Waals surface area contributed by atoms with E-state index in [4.69, 9.17) is 0 Å². The molecule has 1 heterocycles. The van der Waals surface area contributed by atoms with Crippen LogP contribution in [-0.2, 0) is 18.8 Å². The smallest absolute Gasteiger partial charge is 0.170 e. The van der Waals surface area contributed by atoms with Gasteiger partial charge >= 0.3 is 11.2 Å². The van der Waals surface area contributed by atoms with Crippen LogP contribution in [0.5, 0.6) is 0 Å². The third-order valence-electron chi connectivity index (χ3n) is 1.14. The molecule has 0 saturated heterocycles. The van der Waals surface area contributed by atoms with Crippen molar-refractivity contribution in [1.29, 1.82) is 0 Å². The summed E-state index contributed by atoms with van der Waals surface area (Å²) in [6.45, 7) is 0. The molecule has 11 heavy (non-hydrogen) atoms. The van der Waals surface area contributed by atoms with Crippen molar-refractivity contribution >= 4 is 12.6 Å². The highest BCUT2D eigenvalue weighted by Crippen LogP contribution is 2.27. The Bertz CT molecular complexity index is 241. The fraction of sp³-hybridized carbons (Fsp3) is 0.167. The number of pyridine rings is 1. The summed E-state index contributed by atoms with van der Waals surface area (Å²) in [5.74, 6) is 0. The van der Waals surface area contributed by atoms with Crippen molar-refractivity contribution in [3.05, 3.63) is 23.9 Å². The molecule has 1 aromatic rings. The molecule has 0 aliphatic heterocycles. The number of hydrogen-bond donors (Lipinski definition) is 0. The van der Waals surface area contributed by atoms with Crippen LogP contribution < -0.4 is 4.98 Å². The van der Waals surface area contributed by atoms with Crippen LogP contribution in [0.3, 0.4) is 0 Å². The van der Waals surface area contributed by atoms with Gasteiger partial charge in [0.05, 0.1) is 18.7 Å². The molecule has 0 saturated carbocycles. The molecule has 1 N–H and O–H groups in total. The summed E-state index contributed by atoms with van der Waals surface area (Å²) in [5, 5.41) is 0.512. The average Bonchev–Trinajstić information content (AvgIpc) is 1.86. The number of aromatic amines is 1. The van der Waals surface area contributed by atoms with Gasteiger partial charge in [-0.1, -0.05) is 0 Å². The zero-order valence-corrected chi connectivity index (χ0v) is 6.37. The van der Waals surface area contributed by atoms with E-state index in [1.807, 2.05) is 0 Å². The van der Waals surface area contributed by atoms with Crippen LogP contribution in [0, 0.1) is 0 Å². The van der Waals surface area contributed by atoms with E-state index in [2.05, 4.69) is 17.6 Å². The Kier molecular flexibility index (Phi) is 2.08. The molecule has 0 aliphatic carbocycles. The molecule has 1 aromatic heterocycles. The standard InChI is InChI=1S/C6H4F3NS/c7-6(8,9)4-1-2-5(11)10-3-4/h1-3H,(H,10,11)/p+2. The molecular formula is C6H6F3NS+2. The first-order valence-corrected chi connectivity index (χ1v) is 3.30. The number of H-pyrrole nitrogens is 1. The van der Waals surface area contributed by atoms with Crippen molar-refractivity contribution in [2.24, 2.45) is 0 Å². The van der Waals surface area contributed by atoms with E-state index in [9.17, 15) is 13.2 Å². The second-order valence-electron chi connectivity index (χ2n) is 1.99. The van der Waals surface area contributed by atoms with E-state index in [0.717, 1.165) is 12.3 Å². The summed E-state index contributed by atoms with van der Waals surface area (Å²) in [6, 6.07) is 2.30. The zero-order chi connectivity index (χ0) is 8.48. The maximum Gasteiger partial charge on any atom is 0.422 e. The Morgan fingerprint density at radius 3 is 2.27 bits per heavy atom. The van der Waals surface area contributed by atoms with Gasteiger partial charge in [0.15, 0.2) is 6.20 Å². The second-order valence-corrected chi connectivity index (χ2v) is 2.53. The van der Waals surface area contributed by atoms with Gasteiger partial charge in [-0.3, -0.25) is 0 Å². The molecule has 60 valence electrons. The van der Waals surface area contributed by atoms with Crippen LogP contribution in [0.25, 0.3) is 0 Å². The van der Waals surface area contributed by atoms with Crippen molar-refractivity contribution in [3.8, 4) is 0 Å². The summed E-state index contributed by atoms with van der Waals surface area (Å²) in [4.78, 5) is 2.40. The quantitative estimate of drug-likeness (QED) is 0.528. The van der Waals surface area contributed by atoms with Crippen molar-refractivity contribution in [2.45, 2.75) is 11.2 Å². The zero-order valence-electron chi connectivity index (χ0n) is 5.37. The molecule has 0 atom stereocenters. The molecule has 0 aromatic carbocycles. The maximum atomic E-state index is 11.9. The average molecular weight is 181 g/mol. The molecule has 0 radical (unpaired) electrons. The fourth-order valence-electron chi connectivity index (χ4n) is 0.601. The minimum absolute atomic E-state index is 0.512. The van der Waals surface area contributed by atoms with Crippen LogP contribution in [0.2, 0.25) is 0 Å². The first kappa shape index (κ1) is 8.39. The maximum absolute atomic E-state index is 11.9. The van der Waals surface area contributed by atoms with E-state index < -0.39 is 11.7 Å². The van der Waals surface area contributed by atoms with Crippen molar-refractivity contribution in [1.82, 2.24) is 0 Å². The number of nitrogens with one attached hydrogen (secondary N) is 1. The van der Waals surface area contributed by atoms with Crippen molar-refractivity contribution in [3.63, 3.8) is 0 Å². The third-order valence-corrected chi connectivity index (χ3v) is 1.45. The summed E-state index contributed by atoms with van der Waals surface area (Å²) >= 11 is 3.04. The monoisotopic (exact) mass is 181 g/mol. The van der Waals surface area contributed by atoms with Gasteiger partial charge in [0.2, 0.25) is 0 Å². The molecule has 0 unspecified atom stereocenters. The van der Waals surface area contributed by atoms with E-state index in [1.165, 1.54) is 6.07 Å². The minimum Gasteiger partial charge on any atom is -0.170 e. The largest absolute Gasteiger partial charge is 0.422 e. The predicted molar refractivity (Wildman–Crippen MR) is 36.4 cm³/mol. The van der Waals surface area contributed by atoms with Gasteiger partial charge < -0.3 is 0 Å². The Morgan fingerprint density at radius 1 is 1.27 bits per heavy atom. The molecule has 5 heteroatoms. The van der Waals surface area contributed by atoms with Gasteiger partial charge in [-0.2, -0.15) is 18.2 Å². The number of hydrogen-bond acceptors (Lipinski definition) is 0. The highest BCUT2D eigenvalue weighted by molar-refractivity contribution is 7.58. The van der Waals surface area contributed by atoms with Gasteiger partial charge in [-0.25, -0.2) is 0 Å². The van der Waals surface area contributed by atoms with Crippen LogP contribution in [0.15, 0.2) is 23.4 Å². The van der Waals surface area contributed by atoms with E-state index >= 15 is 0 Å². The van der Waals surface area contributed by atoms with Crippen molar-refractivity contribution < 1.29 is 18.2 Å². The summed E-state index contributed by atoms with van der Waals surface area (Å²) in [6.07, 6.45) is -3.36. The second kappa shape index (κ2) is 2.73. The lowest BCUT2D eigenvalue weighted by Gasteiger charge is -2.00. The number of aromatic nitrogens is 1. The topological polar surface area (TPSA) is 14.1 Å². The number of rotatable bonds is 0. The molecular weight excluding hydrogens is 175 g/mol. The van der Waals surface area contributed by atoms with E-state index in [-0.39, 0.29) is 0 Å². The normalized spacial score (nSPS) is 11.6. The first-order valence-electron chi connectivity index (χ1n) is 2.80. The fourth-order valence-corrected chi connectivity index (χ4v) is 0.757. The molecule has 1 rings (SSSR count). The molecule has 0 aliphatic rings. The van der Waals surface area contributed by atoms with Crippen LogP contribution in [0.1, 0.15) is 5.56 Å². The Morgan fingerprint density at radius 2 is 1.91 bits per heavy atom. The number of alkyl halides is 3. The lowest BCUT2D eigenvalue weighted by molar-refractivity contribution is -0.429. The Labute approximate surface area is 66.7 Å². The lowest BCUT2D eigenvalue weighted by atomic mass is 10.3. The van der Waals surface area contributed by atoms with E-state index in [1.54, 1.807) is 0 Å². The van der Waals surface area contributed by atoms with Gasteiger partial charge in [-0.15, -0.1) is 0 Å². The summed E-state index contributed by atoms with van der Waals surface area (Å²) in [5.41, 5.74) is -0.681. The third kappa shape index (κ3) is 2.11. The number of halogens is 3. The molecule has 0 amide bonds. The van der Waals surface area contributed by atoms with Crippen LogP contribution in [-0.4, -0.2) is 0 Å². The Balaban J connectivity index is 2.99. The van der Waals surface area contributed by atoms with Crippen LogP contribution in [0.4, 0.5) is 13.2 Å². The summed E-state index contributed by atoms with van der Waals surface area (Å²) in [7, 11) is 0. The van der Waals surface area contributed by atoms with Gasteiger partial charge in [-0.05, 0) is 6.07 Å². The predicted octanol–water partition coefficient (Wildman–Crippen LogP) is 0.890. The first-order chi connectivity index (χ1) is 5.00. The SMILES string of the molecule is FC(F)(F)c1ccc([SH2+])[nH+]c1. The van der Waals surface area contributed by atoms with Gasteiger partial charge in [0, 0.05) is 0 Å². The van der Waals surface area contributed by atoms with Crippen LogP contribution >= 0.6 is 0 Å². The van der Waals surface area contributed by atoms with Crippen molar-refractivity contribution in [2.75, 3.05) is 0 Å². The van der Waals surface area contributed by atoms with Gasteiger partial charge in [0.1, 0.15) is 5.56 Å². The highest BCUT2D eigenvalue weighted by Gasteiger charge is 2.32. The minimum atomic E-state index is -4.27. The highest BCUT2D eigenvalue weighted by atomic mass is 32.1. The van der Waals surface area contributed by atoms with E-state index in [0.29, 0.717) is 5.03 Å². The molecule has 0 fully saturated rings. The Hall–Kier alpha value is -0.710. The summed E-state index contributed by atoms with van der Waals surface area (Å²) < 4.78 is 35.7. The molecule has 0 spiro atoms. The molecule has 1 nitrogen and oxygen atoms in total. The lowest BCUT2D eigenvalue weighted by Crippen LogP contribution is -2.13. The molecule has 0 bridgehead atoms. The van der Waals surface area contributed by atoms with Gasteiger partial charge in [0.25, 0.3) is 0 Å².